The monoisotopic (exact) mass is 604 g/mol. The molecule has 226 valence electrons. The molecule has 0 saturated heterocycles. The minimum atomic E-state index is 0.931. The topological polar surface area (TPSA) is 6.48 Å². The lowest BCUT2D eigenvalue weighted by Crippen LogP contribution is -2.16. The molecule has 0 heterocycles. The van der Waals surface area contributed by atoms with E-state index in [1.165, 1.54) is 44.1 Å². The zero-order valence-electron chi connectivity index (χ0n) is 26.3. The molecule has 47 heavy (non-hydrogen) atoms. The van der Waals surface area contributed by atoms with Crippen molar-refractivity contribution < 1.29 is 0 Å². The molecule has 0 atom stereocenters. The highest BCUT2D eigenvalue weighted by Gasteiger charge is 2.21. The Morgan fingerprint density at radius 2 is 0.915 bits per heavy atom. The summed E-state index contributed by atoms with van der Waals surface area (Å²) in [4.78, 5) is 4.78. The highest BCUT2D eigenvalue weighted by Crippen LogP contribution is 2.44. The van der Waals surface area contributed by atoms with E-state index in [4.69, 9.17) is 0 Å². The van der Waals surface area contributed by atoms with E-state index in [1.54, 1.807) is 0 Å². The number of hydrogen-bond acceptors (Lipinski definition) is 2. The number of nitrogens with zero attached hydrogens (tertiary/aromatic N) is 2. The predicted octanol–water partition coefficient (Wildman–Crippen LogP) is 12.6. The van der Waals surface area contributed by atoms with Gasteiger partial charge in [-0.15, -0.1) is 0 Å². The average Bonchev–Trinajstić information content (AvgIpc) is 3.43. The number of para-hydroxylation sites is 2. The molecule has 2 nitrogen and oxygen atoms in total. The third kappa shape index (κ3) is 5.49. The largest absolute Gasteiger partial charge is 0.310 e. The van der Waals surface area contributed by atoms with Crippen LogP contribution in [0, 0.1) is 0 Å². The summed E-state index contributed by atoms with van der Waals surface area (Å²) in [5.74, 6) is 0. The summed E-state index contributed by atoms with van der Waals surface area (Å²) >= 11 is 0. The first kappa shape index (κ1) is 28.6. The van der Waals surface area contributed by atoms with Crippen LogP contribution in [0.4, 0.5) is 22.7 Å². The molecule has 2 aliphatic carbocycles. The normalized spacial score (nSPS) is 14.1. The van der Waals surface area contributed by atoms with E-state index in [-0.39, 0.29) is 0 Å². The fourth-order valence-electron chi connectivity index (χ4n) is 6.92. The Balaban J connectivity index is 1.32. The molecule has 0 spiro atoms. The third-order valence-corrected chi connectivity index (χ3v) is 9.06. The molecule has 0 aromatic heterocycles. The average molecular weight is 605 g/mol. The van der Waals surface area contributed by atoms with E-state index in [0.29, 0.717) is 0 Å². The maximum Gasteiger partial charge on any atom is 0.0540 e. The van der Waals surface area contributed by atoms with Crippen molar-refractivity contribution in [2.24, 2.45) is 0 Å². The summed E-state index contributed by atoms with van der Waals surface area (Å²) in [6.07, 6.45) is 21.0. The van der Waals surface area contributed by atoms with Gasteiger partial charge >= 0.3 is 0 Å². The van der Waals surface area contributed by atoms with Crippen LogP contribution in [0.5, 0.6) is 0 Å². The summed E-state index contributed by atoms with van der Waals surface area (Å²) in [6, 6.07) is 48.3. The van der Waals surface area contributed by atoms with Crippen molar-refractivity contribution >= 4 is 44.3 Å². The molecular weight excluding hydrogens is 569 g/mol. The molecule has 0 fully saturated rings. The molecule has 0 amide bonds. The molecule has 2 heteroatoms. The van der Waals surface area contributed by atoms with Crippen LogP contribution in [0.1, 0.15) is 19.3 Å². The second-order valence-electron chi connectivity index (χ2n) is 12.0. The van der Waals surface area contributed by atoms with Gasteiger partial charge in [0.1, 0.15) is 0 Å². The van der Waals surface area contributed by atoms with Crippen molar-refractivity contribution in [3.05, 3.63) is 193 Å². The number of benzene rings is 6. The van der Waals surface area contributed by atoms with E-state index in [1.807, 2.05) is 0 Å². The molecule has 0 aliphatic heterocycles. The number of allylic oxidation sites excluding steroid dienone is 8. The second kappa shape index (κ2) is 12.9. The van der Waals surface area contributed by atoms with Gasteiger partial charge in [0.05, 0.1) is 11.4 Å². The Labute approximate surface area is 277 Å². The molecule has 6 aromatic rings. The minimum absolute atomic E-state index is 0.931. The van der Waals surface area contributed by atoms with Crippen molar-refractivity contribution in [1.82, 2.24) is 0 Å². The van der Waals surface area contributed by atoms with Crippen LogP contribution in [0.3, 0.4) is 0 Å². The van der Waals surface area contributed by atoms with Gasteiger partial charge in [-0.1, -0.05) is 127 Å². The SMILES string of the molecule is C1=CCC=CC(N(c2ccccc2)c2ccc(-c3ccc(N(C4=CCCC=C4)c4ccccc4)c4ccccc34)c3ccccc23)=C1. The van der Waals surface area contributed by atoms with Gasteiger partial charge < -0.3 is 9.80 Å². The van der Waals surface area contributed by atoms with E-state index in [9.17, 15) is 0 Å². The van der Waals surface area contributed by atoms with E-state index < -0.39 is 0 Å². The molecular formula is C45H36N2. The zero-order chi connectivity index (χ0) is 31.4. The number of anilines is 4. The first-order chi connectivity index (χ1) is 23.4. The molecule has 0 unspecified atom stereocenters. The Morgan fingerprint density at radius 1 is 0.404 bits per heavy atom. The third-order valence-electron chi connectivity index (χ3n) is 9.06. The van der Waals surface area contributed by atoms with E-state index in [2.05, 4.69) is 192 Å². The maximum atomic E-state index is 2.41. The van der Waals surface area contributed by atoms with Crippen LogP contribution in [0.15, 0.2) is 193 Å². The van der Waals surface area contributed by atoms with Crippen molar-refractivity contribution in [3.8, 4) is 11.1 Å². The van der Waals surface area contributed by atoms with Gasteiger partial charge in [0.25, 0.3) is 0 Å². The first-order valence-corrected chi connectivity index (χ1v) is 16.5. The molecule has 2 aliphatic rings. The number of fused-ring (bicyclic) bond motifs is 2. The summed E-state index contributed by atoms with van der Waals surface area (Å²) < 4.78 is 0. The molecule has 6 aromatic carbocycles. The van der Waals surface area contributed by atoms with Gasteiger partial charge in [-0.3, -0.25) is 0 Å². The first-order valence-electron chi connectivity index (χ1n) is 16.5. The smallest absolute Gasteiger partial charge is 0.0540 e. The summed E-state index contributed by atoms with van der Waals surface area (Å²) in [5.41, 5.74) is 9.47. The Morgan fingerprint density at radius 3 is 1.47 bits per heavy atom. The standard InChI is InChI=1S/C45H36N2/c1-2-7-19-34(18-6-1)46(35-20-8-3-9-21-35)44-32-30-40(38-26-14-16-28-42(38)44)41-31-33-45(43-29-17-15-27-39(41)43)47(36-22-10-4-11-23-36)37-24-12-5-13-25-37/h1,3-4,6-12,14-33H,2,5,13H2. The van der Waals surface area contributed by atoms with Crippen LogP contribution in [-0.2, 0) is 0 Å². The summed E-state index contributed by atoms with van der Waals surface area (Å²) in [6.45, 7) is 0. The van der Waals surface area contributed by atoms with Gasteiger partial charge in [-0.05, 0) is 95.8 Å². The van der Waals surface area contributed by atoms with Crippen molar-refractivity contribution in [2.45, 2.75) is 19.3 Å². The highest BCUT2D eigenvalue weighted by molar-refractivity contribution is 6.12. The lowest BCUT2D eigenvalue weighted by Gasteiger charge is -2.30. The number of rotatable bonds is 7. The molecule has 0 N–H and O–H groups in total. The lowest BCUT2D eigenvalue weighted by atomic mass is 9.91. The van der Waals surface area contributed by atoms with Crippen molar-refractivity contribution in [2.75, 3.05) is 9.80 Å². The minimum Gasteiger partial charge on any atom is -0.310 e. The quantitative estimate of drug-likeness (QED) is 0.179. The van der Waals surface area contributed by atoms with Crippen LogP contribution in [0.2, 0.25) is 0 Å². The summed E-state index contributed by atoms with van der Waals surface area (Å²) in [5, 5.41) is 4.92. The number of hydrogen-bond donors (Lipinski definition) is 0. The Bertz CT molecular complexity index is 2220. The van der Waals surface area contributed by atoms with E-state index in [0.717, 1.165) is 42.0 Å². The van der Waals surface area contributed by atoms with Crippen molar-refractivity contribution in [3.63, 3.8) is 0 Å². The maximum absolute atomic E-state index is 2.41. The van der Waals surface area contributed by atoms with Crippen LogP contribution >= 0.6 is 0 Å². The molecule has 8 rings (SSSR count). The molecule has 0 saturated carbocycles. The van der Waals surface area contributed by atoms with Gasteiger partial charge in [0, 0.05) is 33.5 Å². The molecule has 0 radical (unpaired) electrons. The van der Waals surface area contributed by atoms with E-state index >= 15 is 0 Å². The van der Waals surface area contributed by atoms with Crippen LogP contribution in [0.25, 0.3) is 32.7 Å². The second-order valence-corrected chi connectivity index (χ2v) is 12.0. The Hall–Kier alpha value is -5.86. The predicted molar refractivity (Wildman–Crippen MR) is 201 cm³/mol. The van der Waals surface area contributed by atoms with Gasteiger partial charge in [-0.25, -0.2) is 0 Å². The van der Waals surface area contributed by atoms with Gasteiger partial charge in [0.2, 0.25) is 0 Å². The van der Waals surface area contributed by atoms with Crippen LogP contribution < -0.4 is 9.80 Å². The van der Waals surface area contributed by atoms with Gasteiger partial charge in [0.15, 0.2) is 0 Å². The van der Waals surface area contributed by atoms with Gasteiger partial charge in [-0.2, -0.15) is 0 Å². The fourth-order valence-corrected chi connectivity index (χ4v) is 6.92. The van der Waals surface area contributed by atoms with Crippen LogP contribution in [-0.4, -0.2) is 0 Å². The van der Waals surface area contributed by atoms with Crippen molar-refractivity contribution in [1.29, 1.82) is 0 Å². The summed E-state index contributed by atoms with van der Waals surface area (Å²) in [7, 11) is 0. The lowest BCUT2D eigenvalue weighted by molar-refractivity contribution is 0.998. The zero-order valence-corrected chi connectivity index (χ0v) is 26.3. The fraction of sp³-hybridized carbons (Fsp3) is 0.0667. The molecule has 0 bridgehead atoms. The Kier molecular flexibility index (Phi) is 7.83. The highest BCUT2D eigenvalue weighted by atomic mass is 15.2.